The number of aliphatic hydroxyl groups is 1. The first-order valence-electron chi connectivity index (χ1n) is 4.08. The highest BCUT2D eigenvalue weighted by atomic mass is 32.2. The number of ether oxygens (including phenoxy) is 1. The fourth-order valence-corrected chi connectivity index (χ4v) is 1.53. The second-order valence-corrected chi connectivity index (χ2v) is 4.66. The lowest BCUT2D eigenvalue weighted by Crippen LogP contribution is -2.11. The molecule has 0 bridgehead atoms. The van der Waals surface area contributed by atoms with Gasteiger partial charge in [-0.3, -0.25) is 4.72 Å². The lowest BCUT2D eigenvalue weighted by molar-refractivity contribution is 0.273. The van der Waals surface area contributed by atoms with Crippen molar-refractivity contribution < 1.29 is 18.3 Å². The first-order chi connectivity index (χ1) is 6.96. The summed E-state index contributed by atoms with van der Waals surface area (Å²) in [6.07, 6.45) is 2.37. The van der Waals surface area contributed by atoms with Gasteiger partial charge < -0.3 is 9.84 Å². The fraction of sp³-hybridized carbons (Fsp3) is 0.375. The van der Waals surface area contributed by atoms with E-state index in [0.29, 0.717) is 11.3 Å². The van der Waals surface area contributed by atoms with Crippen LogP contribution in [-0.4, -0.2) is 31.9 Å². The normalized spacial score (nSPS) is 11.1. The fourth-order valence-electron chi connectivity index (χ4n) is 1.04. The molecule has 0 amide bonds. The molecule has 0 fully saturated rings. The van der Waals surface area contributed by atoms with E-state index in [4.69, 9.17) is 9.84 Å². The molecule has 0 radical (unpaired) electrons. The average Bonchev–Trinajstić information content (AvgIpc) is 2.15. The number of sulfonamides is 1. The summed E-state index contributed by atoms with van der Waals surface area (Å²) in [5.74, 6) is 0.568. The number of methoxy groups -OCH3 is 1. The Hall–Kier alpha value is -1.34. The summed E-state index contributed by atoms with van der Waals surface area (Å²) in [6.45, 7) is -0.246. The van der Waals surface area contributed by atoms with Crippen molar-refractivity contribution in [1.82, 2.24) is 4.98 Å². The van der Waals surface area contributed by atoms with Gasteiger partial charge in [0.25, 0.3) is 0 Å². The zero-order chi connectivity index (χ0) is 11.5. The number of hydrogen-bond donors (Lipinski definition) is 2. The van der Waals surface area contributed by atoms with Crippen LogP contribution in [0, 0.1) is 0 Å². The molecule has 1 heterocycles. The van der Waals surface area contributed by atoms with Crippen LogP contribution in [-0.2, 0) is 16.6 Å². The highest BCUT2D eigenvalue weighted by molar-refractivity contribution is 7.92. The summed E-state index contributed by atoms with van der Waals surface area (Å²) >= 11 is 0. The van der Waals surface area contributed by atoms with Crippen molar-refractivity contribution in [2.24, 2.45) is 0 Å². The SMILES string of the molecule is COc1cnc(NS(C)(=O)=O)cc1CO. The minimum absolute atomic E-state index is 0.155. The molecule has 0 saturated heterocycles. The van der Waals surface area contributed by atoms with Gasteiger partial charge in [0.2, 0.25) is 10.0 Å². The van der Waals surface area contributed by atoms with E-state index in [0.717, 1.165) is 6.26 Å². The van der Waals surface area contributed by atoms with E-state index < -0.39 is 10.0 Å². The average molecular weight is 232 g/mol. The first-order valence-corrected chi connectivity index (χ1v) is 5.97. The molecule has 0 aliphatic heterocycles. The van der Waals surface area contributed by atoms with Gasteiger partial charge in [-0.05, 0) is 6.07 Å². The molecule has 1 aromatic rings. The van der Waals surface area contributed by atoms with Crippen LogP contribution in [0.2, 0.25) is 0 Å². The summed E-state index contributed by atoms with van der Waals surface area (Å²) < 4.78 is 28.9. The van der Waals surface area contributed by atoms with Crippen LogP contribution in [0.1, 0.15) is 5.56 Å². The maximum Gasteiger partial charge on any atom is 0.230 e. The molecule has 84 valence electrons. The zero-order valence-corrected chi connectivity index (χ0v) is 9.21. The Labute approximate surface area is 88.0 Å². The Bertz CT molecular complexity index is 444. The van der Waals surface area contributed by atoms with Crippen LogP contribution in [0.5, 0.6) is 5.75 Å². The monoisotopic (exact) mass is 232 g/mol. The van der Waals surface area contributed by atoms with Gasteiger partial charge in [0.1, 0.15) is 11.6 Å². The van der Waals surface area contributed by atoms with E-state index in [9.17, 15) is 8.42 Å². The Kier molecular flexibility index (Phi) is 3.48. The molecule has 0 aliphatic rings. The summed E-state index contributed by atoms with van der Waals surface area (Å²) in [7, 11) is -1.91. The number of anilines is 1. The number of aliphatic hydroxyl groups excluding tert-OH is 1. The second-order valence-electron chi connectivity index (χ2n) is 2.91. The van der Waals surface area contributed by atoms with Crippen LogP contribution in [0.4, 0.5) is 5.82 Å². The molecule has 0 saturated carbocycles. The van der Waals surface area contributed by atoms with Crippen LogP contribution < -0.4 is 9.46 Å². The summed E-state index contributed by atoms with van der Waals surface area (Å²) in [5.41, 5.74) is 0.471. The van der Waals surface area contributed by atoms with E-state index in [1.807, 2.05) is 0 Å². The van der Waals surface area contributed by atoms with Crippen molar-refractivity contribution in [3.63, 3.8) is 0 Å². The van der Waals surface area contributed by atoms with Crippen LogP contribution >= 0.6 is 0 Å². The number of nitrogens with zero attached hydrogens (tertiary/aromatic N) is 1. The number of nitrogens with one attached hydrogen (secondary N) is 1. The Morgan fingerprint density at radius 3 is 2.73 bits per heavy atom. The minimum atomic E-state index is -3.36. The Balaban J connectivity index is 3.03. The van der Waals surface area contributed by atoms with Gasteiger partial charge >= 0.3 is 0 Å². The van der Waals surface area contributed by atoms with Crippen LogP contribution in [0.3, 0.4) is 0 Å². The van der Waals surface area contributed by atoms with Gasteiger partial charge in [-0.2, -0.15) is 0 Å². The maximum absolute atomic E-state index is 10.9. The van der Waals surface area contributed by atoms with E-state index in [-0.39, 0.29) is 12.4 Å². The lowest BCUT2D eigenvalue weighted by atomic mass is 10.2. The predicted octanol–water partition coefficient (Wildman–Crippen LogP) is -0.0460. The molecule has 1 rings (SSSR count). The molecule has 6 nitrogen and oxygen atoms in total. The quantitative estimate of drug-likeness (QED) is 0.760. The first kappa shape index (κ1) is 11.7. The van der Waals surface area contributed by atoms with Crippen LogP contribution in [0.15, 0.2) is 12.3 Å². The highest BCUT2D eigenvalue weighted by Gasteiger charge is 2.07. The molecule has 0 aliphatic carbocycles. The lowest BCUT2D eigenvalue weighted by Gasteiger charge is -2.08. The number of aromatic nitrogens is 1. The van der Waals surface area contributed by atoms with Crippen molar-refractivity contribution >= 4 is 15.8 Å². The third kappa shape index (κ3) is 3.37. The molecule has 2 N–H and O–H groups in total. The van der Waals surface area contributed by atoms with E-state index in [1.165, 1.54) is 19.4 Å². The Morgan fingerprint density at radius 2 is 2.27 bits per heavy atom. The Morgan fingerprint density at radius 1 is 1.60 bits per heavy atom. The molecular weight excluding hydrogens is 220 g/mol. The summed E-state index contributed by atoms with van der Waals surface area (Å²) in [6, 6.07) is 1.42. The highest BCUT2D eigenvalue weighted by Crippen LogP contribution is 2.20. The number of pyridine rings is 1. The second kappa shape index (κ2) is 4.45. The van der Waals surface area contributed by atoms with Gasteiger partial charge in [-0.25, -0.2) is 13.4 Å². The molecule has 1 aromatic heterocycles. The molecule has 0 aromatic carbocycles. The van der Waals surface area contributed by atoms with Crippen molar-refractivity contribution in [3.05, 3.63) is 17.8 Å². The van der Waals surface area contributed by atoms with E-state index in [2.05, 4.69) is 9.71 Å². The topological polar surface area (TPSA) is 88.5 Å². The van der Waals surface area contributed by atoms with Crippen molar-refractivity contribution in [2.75, 3.05) is 18.1 Å². The predicted molar refractivity (Wildman–Crippen MR) is 55.2 cm³/mol. The molecule has 7 heteroatoms. The molecule has 0 spiro atoms. The van der Waals surface area contributed by atoms with Crippen molar-refractivity contribution in [1.29, 1.82) is 0 Å². The van der Waals surface area contributed by atoms with Crippen molar-refractivity contribution in [3.8, 4) is 5.75 Å². The molecule has 0 unspecified atom stereocenters. The van der Waals surface area contributed by atoms with E-state index in [1.54, 1.807) is 0 Å². The third-order valence-corrected chi connectivity index (χ3v) is 2.21. The molecule has 0 atom stereocenters. The van der Waals surface area contributed by atoms with Gasteiger partial charge in [0.15, 0.2) is 0 Å². The summed E-state index contributed by atoms with van der Waals surface area (Å²) in [5, 5.41) is 8.99. The maximum atomic E-state index is 10.9. The smallest absolute Gasteiger partial charge is 0.230 e. The largest absolute Gasteiger partial charge is 0.495 e. The van der Waals surface area contributed by atoms with Crippen LogP contribution in [0.25, 0.3) is 0 Å². The summed E-state index contributed by atoms with van der Waals surface area (Å²) in [4.78, 5) is 3.82. The number of hydrogen-bond acceptors (Lipinski definition) is 5. The van der Waals surface area contributed by atoms with Gasteiger partial charge in [-0.1, -0.05) is 0 Å². The standard InChI is InChI=1S/C8H12N2O4S/c1-14-7-4-9-8(3-6(7)5-11)10-15(2,12)13/h3-4,11H,5H2,1-2H3,(H,9,10). The van der Waals surface area contributed by atoms with Gasteiger partial charge in [-0.15, -0.1) is 0 Å². The van der Waals surface area contributed by atoms with Gasteiger partial charge in [0, 0.05) is 5.56 Å². The van der Waals surface area contributed by atoms with Gasteiger partial charge in [0.05, 0.1) is 26.2 Å². The van der Waals surface area contributed by atoms with Crippen molar-refractivity contribution in [2.45, 2.75) is 6.61 Å². The van der Waals surface area contributed by atoms with E-state index >= 15 is 0 Å². The zero-order valence-electron chi connectivity index (χ0n) is 8.39. The molecular formula is C8H12N2O4S. The third-order valence-electron chi connectivity index (χ3n) is 1.63. The minimum Gasteiger partial charge on any atom is -0.495 e. The number of rotatable bonds is 4. The molecule has 15 heavy (non-hydrogen) atoms.